The van der Waals surface area contributed by atoms with Gasteiger partial charge in [-0.05, 0) is 56.0 Å². The molecule has 1 aliphatic rings. The lowest BCUT2D eigenvalue weighted by Gasteiger charge is -2.13. The van der Waals surface area contributed by atoms with Crippen LogP contribution in [0.15, 0.2) is 52.1 Å². The number of benzene rings is 1. The van der Waals surface area contributed by atoms with Crippen molar-refractivity contribution in [2.75, 3.05) is 20.8 Å². The first-order valence-corrected chi connectivity index (χ1v) is 11.4. The fraction of sp³-hybridized carbons (Fsp3) is 0.308. The molecule has 0 radical (unpaired) electrons. The smallest absolute Gasteiger partial charge is 0.289 e. The van der Waals surface area contributed by atoms with E-state index in [9.17, 15) is 9.59 Å². The molecule has 1 aliphatic carbocycles. The van der Waals surface area contributed by atoms with Crippen LogP contribution in [0.25, 0.3) is 0 Å². The highest BCUT2D eigenvalue weighted by Gasteiger charge is 2.28. The van der Waals surface area contributed by atoms with Gasteiger partial charge in [0.05, 0.1) is 19.9 Å². The summed E-state index contributed by atoms with van der Waals surface area (Å²) in [4.78, 5) is 29.2. The van der Waals surface area contributed by atoms with Gasteiger partial charge >= 0.3 is 0 Å². The molecule has 0 atom stereocenters. The van der Waals surface area contributed by atoms with Gasteiger partial charge in [0.25, 0.3) is 11.8 Å². The second-order valence-corrected chi connectivity index (χ2v) is 8.12. The lowest BCUT2D eigenvalue weighted by atomic mass is 9.93. The third-order valence-corrected chi connectivity index (χ3v) is 5.87. The second-order valence-electron chi connectivity index (χ2n) is 8.12. The molecule has 182 valence electrons. The van der Waals surface area contributed by atoms with Crippen molar-refractivity contribution in [3.8, 4) is 11.5 Å². The van der Waals surface area contributed by atoms with Gasteiger partial charge < -0.3 is 19.2 Å². The number of hydrazone groups is 1. The van der Waals surface area contributed by atoms with Gasteiger partial charge in [-0.15, -0.1) is 0 Å². The molecule has 1 aromatic carbocycles. The van der Waals surface area contributed by atoms with Gasteiger partial charge in [0.15, 0.2) is 17.3 Å². The molecular formula is C26H28N4O5. The van der Waals surface area contributed by atoms with Crippen molar-refractivity contribution in [2.24, 2.45) is 5.10 Å². The number of ether oxygens (including phenoxy) is 2. The number of aryl methyl sites for hydroxylation is 1. The zero-order valence-corrected chi connectivity index (χ0v) is 20.0. The molecule has 9 nitrogen and oxygen atoms in total. The van der Waals surface area contributed by atoms with E-state index in [1.54, 1.807) is 38.6 Å². The molecule has 2 N–H and O–H groups in total. The van der Waals surface area contributed by atoms with Crippen LogP contribution in [0, 0.1) is 6.92 Å². The lowest BCUT2D eigenvalue weighted by molar-refractivity contribution is 0.0922. The van der Waals surface area contributed by atoms with Gasteiger partial charge in [0.2, 0.25) is 0 Å². The van der Waals surface area contributed by atoms with E-state index < -0.39 is 0 Å². The Labute approximate surface area is 203 Å². The van der Waals surface area contributed by atoms with E-state index >= 15 is 0 Å². The van der Waals surface area contributed by atoms with Crippen LogP contribution in [0.2, 0.25) is 0 Å². The number of hydrogen-bond donors (Lipinski definition) is 2. The molecule has 0 aliphatic heterocycles. The summed E-state index contributed by atoms with van der Waals surface area (Å²) in [6.07, 6.45) is 4.38. The van der Waals surface area contributed by atoms with E-state index in [2.05, 4.69) is 20.8 Å². The molecule has 0 saturated carbocycles. The number of amides is 2. The summed E-state index contributed by atoms with van der Waals surface area (Å²) in [7, 11) is 3.18. The molecule has 4 rings (SSSR count). The Bertz CT molecular complexity index is 1250. The summed E-state index contributed by atoms with van der Waals surface area (Å²) in [5.74, 6) is 1.62. The number of carbonyl (C=O) groups excluding carboxylic acids is 2. The third-order valence-electron chi connectivity index (χ3n) is 5.87. The van der Waals surface area contributed by atoms with Crippen LogP contribution in [0.4, 0.5) is 0 Å². The topological polar surface area (TPSA) is 115 Å². The van der Waals surface area contributed by atoms with E-state index in [0.717, 1.165) is 17.5 Å². The highest BCUT2D eigenvalue weighted by molar-refractivity contribution is 6.07. The molecule has 9 heteroatoms. The highest BCUT2D eigenvalue weighted by atomic mass is 16.5. The number of nitrogens with one attached hydrogen (secondary N) is 2. The lowest BCUT2D eigenvalue weighted by Crippen LogP contribution is -2.26. The van der Waals surface area contributed by atoms with Gasteiger partial charge in [0.1, 0.15) is 11.5 Å². The molecule has 0 unspecified atom stereocenters. The zero-order chi connectivity index (χ0) is 24.8. The maximum Gasteiger partial charge on any atom is 0.289 e. The van der Waals surface area contributed by atoms with E-state index in [4.69, 9.17) is 13.9 Å². The molecular weight excluding hydrogens is 448 g/mol. The van der Waals surface area contributed by atoms with E-state index in [0.29, 0.717) is 54.3 Å². The maximum atomic E-state index is 12.9. The molecule has 35 heavy (non-hydrogen) atoms. The molecule has 0 bridgehead atoms. The molecule has 0 spiro atoms. The fourth-order valence-electron chi connectivity index (χ4n) is 4.11. The number of hydrogen-bond acceptors (Lipinski definition) is 7. The first-order valence-electron chi connectivity index (χ1n) is 11.4. The van der Waals surface area contributed by atoms with Crippen LogP contribution >= 0.6 is 0 Å². The van der Waals surface area contributed by atoms with Crippen LogP contribution in [0.5, 0.6) is 11.5 Å². The minimum atomic E-state index is -0.389. The summed E-state index contributed by atoms with van der Waals surface area (Å²) < 4.78 is 16.5. The zero-order valence-electron chi connectivity index (χ0n) is 20.0. The quantitative estimate of drug-likeness (QED) is 0.481. The SMILES string of the molecule is COc1ccc(CCNC(=O)c2oc3c(c2C)/C(=N/NC(=O)c2ccccn2)CCC3)cc1OC. The van der Waals surface area contributed by atoms with Crippen LogP contribution in [0.3, 0.4) is 0 Å². The minimum absolute atomic E-state index is 0.271. The Kier molecular flexibility index (Phi) is 7.45. The first kappa shape index (κ1) is 24.0. The van der Waals surface area contributed by atoms with E-state index in [-0.39, 0.29) is 23.3 Å². The molecule has 0 saturated heterocycles. The normalized spacial score (nSPS) is 13.7. The van der Waals surface area contributed by atoms with Gasteiger partial charge in [-0.2, -0.15) is 5.10 Å². The van der Waals surface area contributed by atoms with Crippen molar-refractivity contribution in [2.45, 2.75) is 32.6 Å². The average molecular weight is 477 g/mol. The predicted molar refractivity (Wildman–Crippen MR) is 130 cm³/mol. The summed E-state index contributed by atoms with van der Waals surface area (Å²) in [5.41, 5.74) is 6.07. The predicted octanol–water partition coefficient (Wildman–Crippen LogP) is 3.44. The minimum Gasteiger partial charge on any atom is -0.493 e. The molecule has 0 fully saturated rings. The standard InChI is InChI=1S/C26H28N4O5/c1-16-23-18(29-30-25(31)19-7-4-5-13-27-19)8-6-9-21(23)35-24(16)26(32)28-14-12-17-10-11-20(33-2)22(15-17)34-3/h4-5,7,10-11,13,15H,6,8-9,12,14H2,1-3H3,(H,28,32)(H,30,31)/b29-18+. The number of methoxy groups -OCH3 is 2. The number of fused-ring (bicyclic) bond motifs is 1. The second kappa shape index (κ2) is 10.9. The largest absolute Gasteiger partial charge is 0.493 e. The van der Waals surface area contributed by atoms with Crippen molar-refractivity contribution in [1.29, 1.82) is 0 Å². The van der Waals surface area contributed by atoms with E-state index in [1.165, 1.54) is 0 Å². The number of aromatic nitrogens is 1. The van der Waals surface area contributed by atoms with Crippen LogP contribution in [-0.4, -0.2) is 43.3 Å². The highest BCUT2D eigenvalue weighted by Crippen LogP contribution is 2.30. The van der Waals surface area contributed by atoms with Crippen molar-refractivity contribution in [3.63, 3.8) is 0 Å². The van der Waals surface area contributed by atoms with Crippen LogP contribution < -0.4 is 20.2 Å². The number of rotatable bonds is 8. The number of nitrogens with zero attached hydrogens (tertiary/aromatic N) is 2. The Morgan fingerprint density at radius 1 is 1.09 bits per heavy atom. The summed E-state index contributed by atoms with van der Waals surface area (Å²) in [6, 6.07) is 10.8. The van der Waals surface area contributed by atoms with Gasteiger partial charge in [-0.1, -0.05) is 12.1 Å². The van der Waals surface area contributed by atoms with Crippen LogP contribution in [-0.2, 0) is 12.8 Å². The van der Waals surface area contributed by atoms with Gasteiger partial charge in [-0.25, -0.2) is 5.43 Å². The number of pyridine rings is 1. The van der Waals surface area contributed by atoms with Crippen molar-refractivity contribution in [1.82, 2.24) is 15.7 Å². The number of carbonyl (C=O) groups is 2. The summed E-state index contributed by atoms with van der Waals surface area (Å²) in [5, 5.41) is 7.26. The fourth-order valence-corrected chi connectivity index (χ4v) is 4.11. The molecule has 2 amide bonds. The van der Waals surface area contributed by atoms with Gasteiger partial charge in [-0.3, -0.25) is 14.6 Å². The van der Waals surface area contributed by atoms with Crippen LogP contribution in [0.1, 0.15) is 56.3 Å². The Hall–Kier alpha value is -4.14. The van der Waals surface area contributed by atoms with Crippen molar-refractivity contribution < 1.29 is 23.5 Å². The monoisotopic (exact) mass is 476 g/mol. The van der Waals surface area contributed by atoms with E-state index in [1.807, 2.05) is 25.1 Å². The first-order chi connectivity index (χ1) is 17.0. The maximum absolute atomic E-state index is 12.9. The summed E-state index contributed by atoms with van der Waals surface area (Å²) in [6.45, 7) is 2.27. The van der Waals surface area contributed by atoms with Gasteiger partial charge in [0, 0.05) is 30.3 Å². The molecule has 2 aromatic heterocycles. The number of furan rings is 1. The van der Waals surface area contributed by atoms with Crippen molar-refractivity contribution >= 4 is 17.5 Å². The molecule has 2 heterocycles. The third kappa shape index (κ3) is 5.34. The Balaban J connectivity index is 1.43. The van der Waals surface area contributed by atoms with Crippen molar-refractivity contribution in [3.05, 3.63) is 76.5 Å². The Morgan fingerprint density at radius 2 is 1.91 bits per heavy atom. The Morgan fingerprint density at radius 3 is 2.66 bits per heavy atom. The molecule has 3 aromatic rings. The average Bonchev–Trinajstić information content (AvgIpc) is 3.24. The summed E-state index contributed by atoms with van der Waals surface area (Å²) >= 11 is 0.